The van der Waals surface area contributed by atoms with Crippen LogP contribution in [0, 0.1) is 16.7 Å². The molecule has 2 fully saturated rings. The first-order valence-corrected chi connectivity index (χ1v) is 9.23. The van der Waals surface area contributed by atoms with Crippen LogP contribution in [0.1, 0.15) is 31.6 Å². The number of rotatable bonds is 5. The van der Waals surface area contributed by atoms with Crippen molar-refractivity contribution in [2.24, 2.45) is 5.41 Å². The fourth-order valence-electron chi connectivity index (χ4n) is 3.03. The van der Waals surface area contributed by atoms with Gasteiger partial charge in [-0.15, -0.1) is 0 Å². The van der Waals surface area contributed by atoms with Gasteiger partial charge in [0.15, 0.2) is 0 Å². The Morgan fingerprint density at radius 1 is 1.50 bits per heavy atom. The summed E-state index contributed by atoms with van der Waals surface area (Å²) in [6.07, 6.45) is 4.83. The molecule has 1 aromatic heterocycles. The van der Waals surface area contributed by atoms with Gasteiger partial charge >= 0.3 is 0 Å². The van der Waals surface area contributed by atoms with E-state index < -0.39 is 15.4 Å². The highest BCUT2D eigenvalue weighted by atomic mass is 32.2. The average Bonchev–Trinajstić information content (AvgIpc) is 3.07. The second kappa shape index (κ2) is 5.65. The van der Waals surface area contributed by atoms with Gasteiger partial charge in [0.2, 0.25) is 10.0 Å². The monoisotopic (exact) mass is 323 g/mol. The number of aromatic amines is 1. The van der Waals surface area contributed by atoms with Crippen molar-refractivity contribution in [1.29, 1.82) is 5.26 Å². The molecule has 1 saturated carbocycles. The number of nitrogens with zero attached hydrogens (tertiary/aromatic N) is 4. The van der Waals surface area contributed by atoms with E-state index in [0.717, 1.165) is 12.4 Å². The third-order valence-electron chi connectivity index (χ3n) is 4.64. The van der Waals surface area contributed by atoms with Gasteiger partial charge in [0.05, 0.1) is 23.3 Å². The van der Waals surface area contributed by atoms with Crippen LogP contribution in [0.5, 0.6) is 0 Å². The molecule has 1 aliphatic heterocycles. The van der Waals surface area contributed by atoms with E-state index in [1.807, 2.05) is 0 Å². The Labute approximate surface area is 131 Å². The van der Waals surface area contributed by atoms with Gasteiger partial charge in [-0.25, -0.2) is 13.4 Å². The van der Waals surface area contributed by atoms with E-state index in [1.165, 1.54) is 4.31 Å². The molecule has 2 heterocycles. The van der Waals surface area contributed by atoms with E-state index in [-0.39, 0.29) is 11.8 Å². The van der Waals surface area contributed by atoms with Crippen LogP contribution in [0.15, 0.2) is 12.4 Å². The molecule has 3 rings (SSSR count). The van der Waals surface area contributed by atoms with Crippen LogP contribution in [0.4, 0.5) is 0 Å². The average molecular weight is 323 g/mol. The SMILES string of the molecule is CCN1CCN(S(=O)(=O)CC2(C#N)CC2)C[C@H]1c1ncc[nH]1. The molecule has 0 spiro atoms. The van der Waals surface area contributed by atoms with E-state index in [0.29, 0.717) is 32.5 Å². The summed E-state index contributed by atoms with van der Waals surface area (Å²) >= 11 is 0. The highest BCUT2D eigenvalue weighted by Gasteiger charge is 2.49. The minimum absolute atomic E-state index is 0.0481. The third-order valence-corrected chi connectivity index (χ3v) is 6.67. The van der Waals surface area contributed by atoms with Gasteiger partial charge in [-0.05, 0) is 19.4 Å². The topological polar surface area (TPSA) is 93.1 Å². The van der Waals surface area contributed by atoms with E-state index in [9.17, 15) is 8.42 Å². The highest BCUT2D eigenvalue weighted by Crippen LogP contribution is 2.46. The van der Waals surface area contributed by atoms with Crippen LogP contribution >= 0.6 is 0 Å². The Morgan fingerprint density at radius 2 is 2.27 bits per heavy atom. The molecule has 0 aromatic carbocycles. The van der Waals surface area contributed by atoms with Gasteiger partial charge in [0.25, 0.3) is 0 Å². The van der Waals surface area contributed by atoms with Gasteiger partial charge in [-0.2, -0.15) is 9.57 Å². The van der Waals surface area contributed by atoms with Gasteiger partial charge in [0, 0.05) is 32.0 Å². The lowest BCUT2D eigenvalue weighted by Crippen LogP contribution is -2.51. The number of imidazole rings is 1. The predicted octanol–water partition coefficient (Wildman–Crippen LogP) is 0.722. The fourth-order valence-corrected chi connectivity index (χ4v) is 4.99. The molecule has 0 radical (unpaired) electrons. The number of piperazine rings is 1. The van der Waals surface area contributed by atoms with Gasteiger partial charge < -0.3 is 4.98 Å². The fraction of sp³-hybridized carbons (Fsp3) is 0.714. The van der Waals surface area contributed by atoms with Gasteiger partial charge in [-0.3, -0.25) is 4.90 Å². The van der Waals surface area contributed by atoms with E-state index in [4.69, 9.17) is 5.26 Å². The van der Waals surface area contributed by atoms with E-state index in [2.05, 4.69) is 27.9 Å². The number of hydrogen-bond acceptors (Lipinski definition) is 5. The van der Waals surface area contributed by atoms with Crippen molar-refractivity contribution in [3.8, 4) is 6.07 Å². The quantitative estimate of drug-likeness (QED) is 0.862. The maximum absolute atomic E-state index is 12.6. The van der Waals surface area contributed by atoms with Crippen LogP contribution in [0.3, 0.4) is 0 Å². The van der Waals surface area contributed by atoms with Crippen LogP contribution in [0.2, 0.25) is 0 Å². The molecule has 22 heavy (non-hydrogen) atoms. The lowest BCUT2D eigenvalue weighted by atomic mass is 10.2. The summed E-state index contributed by atoms with van der Waals surface area (Å²) in [7, 11) is -3.40. The first-order chi connectivity index (χ1) is 10.5. The van der Waals surface area contributed by atoms with Crippen molar-refractivity contribution < 1.29 is 8.42 Å². The summed E-state index contributed by atoms with van der Waals surface area (Å²) in [6, 6.07) is 2.12. The summed E-state index contributed by atoms with van der Waals surface area (Å²) in [5.41, 5.74) is -0.638. The van der Waals surface area contributed by atoms with Crippen LogP contribution < -0.4 is 0 Å². The second-order valence-electron chi connectivity index (χ2n) is 6.13. The molecule has 0 unspecified atom stereocenters. The Balaban J connectivity index is 1.77. The zero-order chi connectivity index (χ0) is 15.8. The molecule has 0 bridgehead atoms. The molecular weight excluding hydrogens is 302 g/mol. The minimum Gasteiger partial charge on any atom is -0.347 e. The largest absolute Gasteiger partial charge is 0.347 e. The molecule has 2 aliphatic rings. The number of aromatic nitrogens is 2. The lowest BCUT2D eigenvalue weighted by Gasteiger charge is -2.39. The number of hydrogen-bond donors (Lipinski definition) is 1. The number of nitriles is 1. The van der Waals surface area contributed by atoms with Crippen molar-refractivity contribution in [2.45, 2.75) is 25.8 Å². The van der Waals surface area contributed by atoms with Crippen molar-refractivity contribution in [3.05, 3.63) is 18.2 Å². The Hall–Kier alpha value is -1.43. The van der Waals surface area contributed by atoms with Crippen LogP contribution in [-0.4, -0.2) is 59.5 Å². The molecule has 1 N–H and O–H groups in total. The Kier molecular flexibility index (Phi) is 3.97. The Morgan fingerprint density at radius 3 is 2.82 bits per heavy atom. The molecule has 1 aromatic rings. The number of likely N-dealkylation sites (N-methyl/N-ethyl adjacent to an activating group) is 1. The van der Waals surface area contributed by atoms with E-state index in [1.54, 1.807) is 12.4 Å². The number of sulfonamides is 1. The highest BCUT2D eigenvalue weighted by molar-refractivity contribution is 7.89. The first-order valence-electron chi connectivity index (χ1n) is 7.62. The lowest BCUT2D eigenvalue weighted by molar-refractivity contribution is 0.119. The first kappa shape index (κ1) is 15.5. The smallest absolute Gasteiger partial charge is 0.215 e. The summed E-state index contributed by atoms with van der Waals surface area (Å²) in [5, 5.41) is 9.14. The third kappa shape index (κ3) is 2.89. The van der Waals surface area contributed by atoms with Crippen LogP contribution in [-0.2, 0) is 10.0 Å². The van der Waals surface area contributed by atoms with Gasteiger partial charge in [-0.1, -0.05) is 6.92 Å². The molecule has 1 aliphatic carbocycles. The molecular formula is C14H21N5O2S. The molecule has 1 atom stereocenters. The molecule has 8 heteroatoms. The van der Waals surface area contributed by atoms with Gasteiger partial charge in [0.1, 0.15) is 5.82 Å². The van der Waals surface area contributed by atoms with E-state index >= 15 is 0 Å². The maximum atomic E-state index is 12.6. The van der Waals surface area contributed by atoms with Crippen molar-refractivity contribution >= 4 is 10.0 Å². The summed E-state index contributed by atoms with van der Waals surface area (Å²) in [4.78, 5) is 9.60. The maximum Gasteiger partial charge on any atom is 0.215 e. The van der Waals surface area contributed by atoms with Crippen molar-refractivity contribution in [2.75, 3.05) is 31.9 Å². The molecule has 120 valence electrons. The molecule has 7 nitrogen and oxygen atoms in total. The Bertz CT molecular complexity index is 660. The predicted molar refractivity (Wildman–Crippen MR) is 81.2 cm³/mol. The summed E-state index contributed by atoms with van der Waals surface area (Å²) in [5.74, 6) is 0.746. The number of nitrogens with one attached hydrogen (secondary N) is 1. The molecule has 1 saturated heterocycles. The standard InChI is InChI=1S/C14H21N5O2S/c1-2-18-7-8-19(9-12(18)13-16-5-6-17-13)22(20,21)11-14(10-15)3-4-14/h5-6,12H,2-4,7-9,11H2,1H3,(H,16,17)/t12-/m0/s1. The van der Waals surface area contributed by atoms with Crippen molar-refractivity contribution in [3.63, 3.8) is 0 Å². The normalized spacial score (nSPS) is 25.7. The molecule has 0 amide bonds. The summed E-state index contributed by atoms with van der Waals surface area (Å²) < 4.78 is 26.8. The van der Waals surface area contributed by atoms with Crippen molar-refractivity contribution in [1.82, 2.24) is 19.2 Å². The number of H-pyrrole nitrogens is 1. The zero-order valence-corrected chi connectivity index (χ0v) is 13.5. The zero-order valence-electron chi connectivity index (χ0n) is 12.7. The van der Waals surface area contributed by atoms with Crippen LogP contribution in [0.25, 0.3) is 0 Å². The second-order valence-corrected chi connectivity index (χ2v) is 8.09. The summed E-state index contributed by atoms with van der Waals surface area (Å²) in [6.45, 7) is 4.47. The minimum atomic E-state index is -3.40.